The Kier molecular flexibility index (Phi) is 4.83. The van der Waals surface area contributed by atoms with Crippen LogP contribution in [0.4, 0.5) is 0 Å². The predicted molar refractivity (Wildman–Crippen MR) is 72.6 cm³/mol. The van der Waals surface area contributed by atoms with Crippen molar-refractivity contribution in [1.82, 2.24) is 20.3 Å². The molecule has 0 unspecified atom stereocenters. The topological polar surface area (TPSA) is 97.1 Å². The van der Waals surface area contributed by atoms with Gasteiger partial charge < -0.3 is 10.4 Å². The largest absolute Gasteiger partial charge is 0.481 e. The SMILES string of the molecule is O=C(O)CCCNC(=O)c1cn(Cc2cccs2)nn1. The highest BCUT2D eigenvalue weighted by molar-refractivity contribution is 7.09. The van der Waals surface area contributed by atoms with E-state index in [9.17, 15) is 9.59 Å². The number of hydrogen-bond acceptors (Lipinski definition) is 5. The molecule has 2 aromatic heterocycles. The highest BCUT2D eigenvalue weighted by atomic mass is 32.1. The molecule has 2 N–H and O–H groups in total. The van der Waals surface area contributed by atoms with Crippen molar-refractivity contribution in [3.05, 3.63) is 34.3 Å². The Bertz CT molecular complexity index is 579. The van der Waals surface area contributed by atoms with Crippen LogP contribution in [-0.2, 0) is 11.3 Å². The first-order valence-electron chi connectivity index (χ1n) is 6.07. The lowest BCUT2D eigenvalue weighted by molar-refractivity contribution is -0.137. The van der Waals surface area contributed by atoms with Gasteiger partial charge in [0.05, 0.1) is 12.7 Å². The number of aliphatic carboxylic acids is 1. The summed E-state index contributed by atoms with van der Waals surface area (Å²) in [6, 6.07) is 3.94. The van der Waals surface area contributed by atoms with Crippen molar-refractivity contribution in [3.63, 3.8) is 0 Å². The standard InChI is InChI=1S/C12H14N4O3S/c17-11(18)4-1-5-13-12(19)10-8-16(15-14-10)7-9-3-2-6-20-9/h2-3,6,8H,1,4-5,7H2,(H,13,19)(H,17,18). The Morgan fingerprint density at radius 1 is 1.45 bits per heavy atom. The number of carbonyl (C=O) groups excluding carboxylic acids is 1. The lowest BCUT2D eigenvalue weighted by atomic mass is 10.3. The second-order valence-electron chi connectivity index (χ2n) is 4.13. The molecule has 0 atom stereocenters. The minimum Gasteiger partial charge on any atom is -0.481 e. The summed E-state index contributed by atoms with van der Waals surface area (Å²) < 4.78 is 1.60. The molecule has 0 saturated carbocycles. The lowest BCUT2D eigenvalue weighted by Crippen LogP contribution is -2.25. The number of carbonyl (C=O) groups is 2. The number of thiophene rings is 1. The van der Waals surface area contributed by atoms with Crippen molar-refractivity contribution in [2.45, 2.75) is 19.4 Å². The van der Waals surface area contributed by atoms with Gasteiger partial charge in [-0.2, -0.15) is 0 Å². The minimum atomic E-state index is -0.874. The zero-order valence-electron chi connectivity index (χ0n) is 10.7. The maximum absolute atomic E-state index is 11.7. The number of aromatic nitrogens is 3. The zero-order valence-corrected chi connectivity index (χ0v) is 11.5. The molecule has 0 aliphatic heterocycles. The van der Waals surface area contributed by atoms with Gasteiger partial charge in [-0.25, -0.2) is 4.68 Å². The highest BCUT2D eigenvalue weighted by Gasteiger charge is 2.10. The van der Waals surface area contributed by atoms with Crippen LogP contribution in [0.5, 0.6) is 0 Å². The van der Waals surface area contributed by atoms with E-state index in [4.69, 9.17) is 5.11 Å². The van der Waals surface area contributed by atoms with Crippen LogP contribution in [0.2, 0.25) is 0 Å². The number of nitrogens with zero attached hydrogens (tertiary/aromatic N) is 3. The van der Waals surface area contributed by atoms with Crippen molar-refractivity contribution < 1.29 is 14.7 Å². The van der Waals surface area contributed by atoms with Crippen molar-refractivity contribution in [2.24, 2.45) is 0 Å². The number of amides is 1. The first kappa shape index (κ1) is 14.2. The fourth-order valence-electron chi connectivity index (χ4n) is 1.57. The van der Waals surface area contributed by atoms with Crippen molar-refractivity contribution in [1.29, 1.82) is 0 Å². The molecule has 0 bridgehead atoms. The molecular formula is C12H14N4O3S. The second-order valence-corrected chi connectivity index (χ2v) is 5.17. The molecular weight excluding hydrogens is 280 g/mol. The van der Waals surface area contributed by atoms with Crippen LogP contribution in [0.3, 0.4) is 0 Å². The summed E-state index contributed by atoms with van der Waals surface area (Å²) in [6.07, 6.45) is 2.00. The Morgan fingerprint density at radius 3 is 3.00 bits per heavy atom. The van der Waals surface area contributed by atoms with Crippen LogP contribution >= 0.6 is 11.3 Å². The van der Waals surface area contributed by atoms with Crippen molar-refractivity contribution in [2.75, 3.05) is 6.54 Å². The highest BCUT2D eigenvalue weighted by Crippen LogP contribution is 2.09. The normalized spacial score (nSPS) is 10.4. The van der Waals surface area contributed by atoms with E-state index in [0.717, 1.165) is 4.88 Å². The average Bonchev–Trinajstić information content (AvgIpc) is 3.06. The summed E-state index contributed by atoms with van der Waals surface area (Å²) in [4.78, 5) is 23.2. The number of nitrogens with one attached hydrogen (secondary N) is 1. The third-order valence-corrected chi connectivity index (χ3v) is 3.38. The third kappa shape index (κ3) is 4.16. The van der Waals surface area contributed by atoms with Crippen LogP contribution in [0.1, 0.15) is 28.2 Å². The summed E-state index contributed by atoms with van der Waals surface area (Å²) in [7, 11) is 0. The molecule has 20 heavy (non-hydrogen) atoms. The molecule has 7 nitrogen and oxygen atoms in total. The fraction of sp³-hybridized carbons (Fsp3) is 0.333. The third-order valence-electron chi connectivity index (χ3n) is 2.52. The monoisotopic (exact) mass is 294 g/mol. The van der Waals surface area contributed by atoms with Crippen molar-refractivity contribution >= 4 is 23.2 Å². The van der Waals surface area contributed by atoms with E-state index in [-0.39, 0.29) is 18.0 Å². The molecule has 2 aromatic rings. The van der Waals surface area contributed by atoms with Crippen LogP contribution in [0, 0.1) is 0 Å². The quantitative estimate of drug-likeness (QED) is 0.742. The predicted octanol–water partition coefficient (Wildman–Crippen LogP) is 0.982. The van der Waals surface area contributed by atoms with Gasteiger partial charge in [-0.1, -0.05) is 11.3 Å². The Hall–Kier alpha value is -2.22. The van der Waals surface area contributed by atoms with Gasteiger partial charge in [-0.15, -0.1) is 16.4 Å². The van der Waals surface area contributed by atoms with Gasteiger partial charge in [0.25, 0.3) is 5.91 Å². The second kappa shape index (κ2) is 6.80. The van der Waals surface area contributed by atoms with Gasteiger partial charge in [0.2, 0.25) is 0 Å². The summed E-state index contributed by atoms with van der Waals surface area (Å²) in [6.45, 7) is 0.889. The van der Waals surface area contributed by atoms with E-state index >= 15 is 0 Å². The van der Waals surface area contributed by atoms with E-state index in [2.05, 4.69) is 15.6 Å². The maximum Gasteiger partial charge on any atom is 0.303 e. The molecule has 1 amide bonds. The van der Waals surface area contributed by atoms with E-state index in [0.29, 0.717) is 19.5 Å². The minimum absolute atomic E-state index is 0.0331. The molecule has 0 fully saturated rings. The van der Waals surface area contributed by atoms with Gasteiger partial charge >= 0.3 is 5.97 Å². The first-order valence-corrected chi connectivity index (χ1v) is 6.95. The summed E-state index contributed by atoms with van der Waals surface area (Å²) >= 11 is 1.61. The Morgan fingerprint density at radius 2 is 2.30 bits per heavy atom. The Labute approximate surface area is 119 Å². The van der Waals surface area contributed by atoms with Gasteiger partial charge in [0.15, 0.2) is 5.69 Å². The van der Waals surface area contributed by atoms with E-state index in [1.807, 2.05) is 17.5 Å². The van der Waals surface area contributed by atoms with Gasteiger partial charge in [-0.05, 0) is 17.9 Å². The molecule has 0 aliphatic carbocycles. The molecule has 0 aliphatic rings. The number of carboxylic acids is 1. The van der Waals surface area contributed by atoms with Gasteiger partial charge in [0.1, 0.15) is 0 Å². The van der Waals surface area contributed by atoms with E-state index < -0.39 is 5.97 Å². The summed E-state index contributed by atoms with van der Waals surface area (Å²) in [5.74, 6) is -1.21. The van der Waals surface area contributed by atoms with Crippen molar-refractivity contribution in [3.8, 4) is 0 Å². The maximum atomic E-state index is 11.7. The molecule has 0 aromatic carbocycles. The summed E-state index contributed by atoms with van der Waals surface area (Å²) in [5.41, 5.74) is 0.233. The Balaban J connectivity index is 1.82. The van der Waals surface area contributed by atoms with E-state index in [1.54, 1.807) is 22.2 Å². The smallest absolute Gasteiger partial charge is 0.303 e. The fourth-order valence-corrected chi connectivity index (χ4v) is 2.27. The average molecular weight is 294 g/mol. The van der Waals surface area contributed by atoms with E-state index in [1.165, 1.54) is 0 Å². The molecule has 8 heteroatoms. The van der Waals surface area contributed by atoms with Crippen LogP contribution in [0.15, 0.2) is 23.7 Å². The van der Waals surface area contributed by atoms with Crippen LogP contribution < -0.4 is 5.32 Å². The molecule has 0 spiro atoms. The lowest BCUT2D eigenvalue weighted by Gasteiger charge is -2.00. The molecule has 0 saturated heterocycles. The molecule has 106 valence electrons. The first-order chi connectivity index (χ1) is 9.65. The number of rotatable bonds is 7. The van der Waals surface area contributed by atoms with Gasteiger partial charge in [-0.3, -0.25) is 9.59 Å². The molecule has 2 rings (SSSR count). The summed E-state index contributed by atoms with van der Waals surface area (Å²) in [5, 5.41) is 20.8. The molecule has 0 radical (unpaired) electrons. The zero-order chi connectivity index (χ0) is 14.4. The van der Waals surface area contributed by atoms with Crippen LogP contribution in [0.25, 0.3) is 0 Å². The van der Waals surface area contributed by atoms with Gasteiger partial charge in [0, 0.05) is 17.8 Å². The van der Waals surface area contributed by atoms with Crippen LogP contribution in [-0.4, -0.2) is 38.5 Å². The number of carboxylic acid groups (broad SMARTS) is 1. The number of hydrogen-bond donors (Lipinski definition) is 2. The molecule has 2 heterocycles.